The van der Waals surface area contributed by atoms with Crippen molar-refractivity contribution in [2.45, 2.75) is 20.8 Å². The topological polar surface area (TPSA) is 9.23 Å². The van der Waals surface area contributed by atoms with Crippen molar-refractivity contribution in [3.63, 3.8) is 0 Å². The van der Waals surface area contributed by atoms with Gasteiger partial charge in [0.15, 0.2) is 0 Å². The number of allylic oxidation sites excluding steroid dienone is 1. The van der Waals surface area contributed by atoms with Crippen LogP contribution in [0.5, 0.6) is 5.75 Å². The predicted octanol–water partition coefficient (Wildman–Crippen LogP) is 3.79. The molecule has 1 aromatic rings. The first-order valence-corrected chi connectivity index (χ1v) is 5.60. The first kappa shape index (κ1) is 12.1. The van der Waals surface area contributed by atoms with E-state index in [0.717, 1.165) is 5.75 Å². The molecule has 0 unspecified atom stereocenters. The Balaban J connectivity index is 2.72. The minimum Gasteiger partial charge on any atom is -0.489 e. The average Bonchev–Trinajstić information content (AvgIpc) is 2.19. The Morgan fingerprint density at radius 3 is 2.60 bits per heavy atom. The Morgan fingerprint density at radius 2 is 1.93 bits per heavy atom. The standard InChI is InChI=1S/C13H17ClO/c1-10-8-11(2)12(3)13(9-10)15-7-5-4-6-14/h4-5,8-9H,6-7H2,1-3H3. The Kier molecular flexibility index (Phi) is 4.70. The molecule has 0 radical (unpaired) electrons. The summed E-state index contributed by atoms with van der Waals surface area (Å²) < 4.78 is 5.66. The van der Waals surface area contributed by atoms with Crippen molar-refractivity contribution >= 4 is 11.6 Å². The third-order valence-electron chi connectivity index (χ3n) is 2.35. The molecular weight excluding hydrogens is 208 g/mol. The predicted molar refractivity (Wildman–Crippen MR) is 66.0 cm³/mol. The molecule has 1 aromatic carbocycles. The zero-order valence-corrected chi connectivity index (χ0v) is 10.3. The minimum atomic E-state index is 0.537. The second-order valence-electron chi connectivity index (χ2n) is 3.64. The van der Waals surface area contributed by atoms with Crippen LogP contribution in [0, 0.1) is 20.8 Å². The average molecular weight is 225 g/mol. The van der Waals surface area contributed by atoms with E-state index in [1.165, 1.54) is 16.7 Å². The van der Waals surface area contributed by atoms with Gasteiger partial charge in [-0.05, 0) is 43.5 Å². The van der Waals surface area contributed by atoms with Crippen LogP contribution in [0.25, 0.3) is 0 Å². The highest BCUT2D eigenvalue weighted by Gasteiger charge is 2.02. The van der Waals surface area contributed by atoms with Crippen LogP contribution >= 0.6 is 11.6 Å². The quantitative estimate of drug-likeness (QED) is 0.559. The highest BCUT2D eigenvalue weighted by molar-refractivity contribution is 6.18. The molecule has 0 aliphatic rings. The van der Waals surface area contributed by atoms with Crippen molar-refractivity contribution in [1.29, 1.82) is 0 Å². The summed E-state index contributed by atoms with van der Waals surface area (Å²) in [5.41, 5.74) is 3.71. The van der Waals surface area contributed by atoms with E-state index >= 15 is 0 Å². The molecule has 82 valence electrons. The monoisotopic (exact) mass is 224 g/mol. The SMILES string of the molecule is Cc1cc(C)c(C)c(OCC=CCCl)c1. The van der Waals surface area contributed by atoms with E-state index in [0.29, 0.717) is 12.5 Å². The van der Waals surface area contributed by atoms with Crippen molar-refractivity contribution in [1.82, 2.24) is 0 Å². The molecule has 0 fully saturated rings. The first-order chi connectivity index (χ1) is 7.15. The highest BCUT2D eigenvalue weighted by atomic mass is 35.5. The maximum atomic E-state index is 5.66. The van der Waals surface area contributed by atoms with Gasteiger partial charge in [0, 0.05) is 5.88 Å². The number of hydrogen-bond donors (Lipinski definition) is 0. The Bertz CT molecular complexity index is 356. The molecule has 0 aromatic heterocycles. The van der Waals surface area contributed by atoms with Crippen LogP contribution in [0.4, 0.5) is 0 Å². The second-order valence-corrected chi connectivity index (χ2v) is 3.95. The highest BCUT2D eigenvalue weighted by Crippen LogP contribution is 2.23. The molecule has 1 rings (SSSR count). The van der Waals surface area contributed by atoms with Gasteiger partial charge < -0.3 is 4.74 Å². The van der Waals surface area contributed by atoms with Gasteiger partial charge in [0.1, 0.15) is 12.4 Å². The van der Waals surface area contributed by atoms with Crippen LogP contribution in [-0.4, -0.2) is 12.5 Å². The number of rotatable bonds is 4. The number of hydrogen-bond acceptors (Lipinski definition) is 1. The number of alkyl halides is 1. The lowest BCUT2D eigenvalue weighted by Gasteiger charge is -2.10. The molecule has 0 bridgehead atoms. The lowest BCUT2D eigenvalue weighted by Crippen LogP contribution is -1.97. The Morgan fingerprint density at radius 1 is 1.20 bits per heavy atom. The van der Waals surface area contributed by atoms with Crippen molar-refractivity contribution in [2.75, 3.05) is 12.5 Å². The molecule has 1 nitrogen and oxygen atoms in total. The summed E-state index contributed by atoms with van der Waals surface area (Å²) in [7, 11) is 0. The molecule has 15 heavy (non-hydrogen) atoms. The van der Waals surface area contributed by atoms with Crippen molar-refractivity contribution in [3.8, 4) is 5.75 Å². The molecule has 0 N–H and O–H groups in total. The fraction of sp³-hybridized carbons (Fsp3) is 0.385. The molecule has 0 aliphatic carbocycles. The second kappa shape index (κ2) is 5.82. The van der Waals surface area contributed by atoms with E-state index in [2.05, 4.69) is 32.9 Å². The maximum Gasteiger partial charge on any atom is 0.123 e. The molecule has 0 heterocycles. The third-order valence-corrected chi connectivity index (χ3v) is 2.53. The minimum absolute atomic E-state index is 0.537. The lowest BCUT2D eigenvalue weighted by atomic mass is 10.1. The van der Waals surface area contributed by atoms with Crippen LogP contribution in [0.2, 0.25) is 0 Å². The van der Waals surface area contributed by atoms with Gasteiger partial charge in [0.25, 0.3) is 0 Å². The molecule has 0 amide bonds. The maximum absolute atomic E-state index is 5.66. The van der Waals surface area contributed by atoms with E-state index in [1.54, 1.807) is 0 Å². The summed E-state index contributed by atoms with van der Waals surface area (Å²) >= 11 is 5.52. The summed E-state index contributed by atoms with van der Waals surface area (Å²) in [4.78, 5) is 0. The van der Waals surface area contributed by atoms with Crippen molar-refractivity contribution < 1.29 is 4.74 Å². The summed E-state index contributed by atoms with van der Waals surface area (Å²) in [5.74, 6) is 1.50. The van der Waals surface area contributed by atoms with Crippen molar-refractivity contribution in [3.05, 3.63) is 41.0 Å². The molecular formula is C13H17ClO. The van der Waals surface area contributed by atoms with Crippen molar-refractivity contribution in [2.24, 2.45) is 0 Å². The summed E-state index contributed by atoms with van der Waals surface area (Å²) in [6.07, 6.45) is 3.82. The summed E-state index contributed by atoms with van der Waals surface area (Å²) in [6.45, 7) is 6.84. The van der Waals surface area contributed by atoms with Gasteiger partial charge in [0.2, 0.25) is 0 Å². The van der Waals surface area contributed by atoms with Crippen LogP contribution in [0.1, 0.15) is 16.7 Å². The molecule has 0 saturated carbocycles. The third kappa shape index (κ3) is 3.60. The van der Waals surface area contributed by atoms with E-state index in [1.807, 2.05) is 12.2 Å². The van der Waals surface area contributed by atoms with Gasteiger partial charge in [-0.2, -0.15) is 0 Å². The van der Waals surface area contributed by atoms with E-state index in [-0.39, 0.29) is 0 Å². The molecule has 0 saturated heterocycles. The smallest absolute Gasteiger partial charge is 0.123 e. The van der Waals surface area contributed by atoms with Gasteiger partial charge in [-0.15, -0.1) is 11.6 Å². The molecule has 0 atom stereocenters. The number of benzene rings is 1. The first-order valence-electron chi connectivity index (χ1n) is 5.06. The van der Waals surface area contributed by atoms with Gasteiger partial charge in [-0.1, -0.05) is 18.2 Å². The van der Waals surface area contributed by atoms with Gasteiger partial charge in [-0.3, -0.25) is 0 Å². The number of ether oxygens (including phenoxy) is 1. The molecule has 0 spiro atoms. The zero-order valence-electron chi connectivity index (χ0n) is 9.51. The van der Waals surface area contributed by atoms with Crippen LogP contribution in [-0.2, 0) is 0 Å². The van der Waals surface area contributed by atoms with E-state index in [4.69, 9.17) is 16.3 Å². The molecule has 0 aliphatic heterocycles. The van der Waals surface area contributed by atoms with Gasteiger partial charge in [-0.25, -0.2) is 0 Å². The number of halogens is 1. The summed E-state index contributed by atoms with van der Waals surface area (Å²) in [6, 6.07) is 4.23. The normalized spacial score (nSPS) is 10.9. The van der Waals surface area contributed by atoms with E-state index in [9.17, 15) is 0 Å². The van der Waals surface area contributed by atoms with Crippen LogP contribution in [0.3, 0.4) is 0 Å². The van der Waals surface area contributed by atoms with Crippen LogP contribution < -0.4 is 4.74 Å². The van der Waals surface area contributed by atoms with Crippen LogP contribution in [0.15, 0.2) is 24.3 Å². The van der Waals surface area contributed by atoms with E-state index < -0.39 is 0 Å². The van der Waals surface area contributed by atoms with Gasteiger partial charge >= 0.3 is 0 Å². The summed E-state index contributed by atoms with van der Waals surface area (Å²) in [5, 5.41) is 0. The fourth-order valence-corrected chi connectivity index (χ4v) is 1.55. The largest absolute Gasteiger partial charge is 0.489 e. The van der Waals surface area contributed by atoms with Gasteiger partial charge in [0.05, 0.1) is 0 Å². The zero-order chi connectivity index (χ0) is 11.3. The molecule has 2 heteroatoms. The fourth-order valence-electron chi connectivity index (χ4n) is 1.42. The lowest BCUT2D eigenvalue weighted by molar-refractivity contribution is 0.359. The Labute approximate surface area is 96.7 Å². The Hall–Kier alpha value is -0.950. The number of aryl methyl sites for hydroxylation is 2.